The highest BCUT2D eigenvalue weighted by Crippen LogP contribution is 2.36. The zero-order valence-electron chi connectivity index (χ0n) is 10.1. The van der Waals surface area contributed by atoms with Gasteiger partial charge in [-0.2, -0.15) is 13.8 Å². The van der Waals surface area contributed by atoms with E-state index in [2.05, 4.69) is 4.98 Å². The molecule has 0 aromatic carbocycles. The smallest absolute Gasteiger partial charge is 0.351 e. The molecule has 104 valence electrons. The number of nitrogens with two attached hydrogens (primary N) is 1. The van der Waals surface area contributed by atoms with Crippen molar-refractivity contribution in [1.29, 1.82) is 0 Å². The molecule has 3 atom stereocenters. The number of aliphatic hydroxyl groups excluding tert-OH is 1. The first-order valence-corrected chi connectivity index (χ1v) is 5.69. The number of nitrogen functional groups attached to an aromatic ring is 1. The highest BCUT2D eigenvalue weighted by Gasteiger charge is 2.42. The minimum Gasteiger partial charge on any atom is -0.384 e. The van der Waals surface area contributed by atoms with Crippen molar-refractivity contribution in [2.24, 2.45) is 0 Å². The van der Waals surface area contributed by atoms with Crippen LogP contribution in [0.4, 0.5) is 14.6 Å². The molecule has 1 fully saturated rings. The van der Waals surface area contributed by atoms with Crippen LogP contribution in [-0.4, -0.2) is 26.9 Å². The van der Waals surface area contributed by atoms with Crippen LogP contribution in [0.2, 0.25) is 0 Å². The fraction of sp³-hybridized carbons (Fsp3) is 0.455. The van der Waals surface area contributed by atoms with Gasteiger partial charge >= 0.3 is 5.69 Å². The lowest BCUT2D eigenvalue weighted by molar-refractivity contribution is -0.0403. The highest BCUT2D eigenvalue weighted by molar-refractivity contribution is 5.25. The molecular weight excluding hydrogens is 260 g/mol. The van der Waals surface area contributed by atoms with Crippen LogP contribution < -0.4 is 11.4 Å². The third-order valence-corrected chi connectivity index (χ3v) is 2.95. The number of aromatic nitrogens is 2. The summed E-state index contributed by atoms with van der Waals surface area (Å²) in [7, 11) is 0. The number of anilines is 1. The molecule has 8 heteroatoms. The lowest BCUT2D eigenvalue weighted by atomic mass is 10.1. The summed E-state index contributed by atoms with van der Waals surface area (Å²) in [6, 6.07) is 1.33. The van der Waals surface area contributed by atoms with E-state index in [-0.39, 0.29) is 12.2 Å². The standard InChI is InChI=1S/C11H13F2N3O3/c1-2-5-7(9(12)13)8(17)10(19-5)16-4-3-6(14)15-11(16)18/h3-5,8,10,17H,2H2,1H3,(H2,14,15,18)/t5-,8-,10-/m1/s1. The Kier molecular flexibility index (Phi) is 3.63. The normalized spacial score (nSPS) is 26.7. The van der Waals surface area contributed by atoms with Crippen LogP contribution in [-0.2, 0) is 4.74 Å². The van der Waals surface area contributed by atoms with Crippen molar-refractivity contribution in [2.75, 3.05) is 5.73 Å². The molecule has 19 heavy (non-hydrogen) atoms. The summed E-state index contributed by atoms with van der Waals surface area (Å²) in [6.07, 6.45) is -4.20. The third-order valence-electron chi connectivity index (χ3n) is 2.95. The fourth-order valence-electron chi connectivity index (χ4n) is 2.05. The SMILES string of the molecule is CC[C@H]1O[C@@H](n2ccc(N)nc2=O)[C@H](O)C1=C(F)F. The van der Waals surface area contributed by atoms with Crippen molar-refractivity contribution in [3.8, 4) is 0 Å². The second-order valence-electron chi connectivity index (χ2n) is 4.13. The van der Waals surface area contributed by atoms with Gasteiger partial charge in [-0.15, -0.1) is 0 Å². The van der Waals surface area contributed by atoms with Crippen LogP contribution in [0.1, 0.15) is 19.6 Å². The van der Waals surface area contributed by atoms with Gasteiger partial charge in [0.15, 0.2) is 6.23 Å². The van der Waals surface area contributed by atoms with Crippen LogP contribution in [0.3, 0.4) is 0 Å². The lowest BCUT2D eigenvalue weighted by Gasteiger charge is -2.16. The molecule has 1 aliphatic heterocycles. The molecule has 0 saturated carbocycles. The number of nitrogens with zero attached hydrogens (tertiary/aromatic N) is 2. The quantitative estimate of drug-likeness (QED) is 0.825. The fourth-order valence-corrected chi connectivity index (χ4v) is 2.05. The monoisotopic (exact) mass is 273 g/mol. The van der Waals surface area contributed by atoms with Crippen LogP contribution >= 0.6 is 0 Å². The zero-order chi connectivity index (χ0) is 14.2. The number of aliphatic hydroxyl groups is 1. The lowest BCUT2D eigenvalue weighted by Crippen LogP contribution is -2.32. The number of ether oxygens (including phenoxy) is 1. The second-order valence-corrected chi connectivity index (χ2v) is 4.13. The summed E-state index contributed by atoms with van der Waals surface area (Å²) in [5.74, 6) is 0.00761. The molecule has 0 radical (unpaired) electrons. The van der Waals surface area contributed by atoms with Crippen LogP contribution in [0.15, 0.2) is 28.7 Å². The Bertz CT molecular complexity index is 569. The van der Waals surface area contributed by atoms with Gasteiger partial charge in [-0.3, -0.25) is 4.57 Å². The Morgan fingerprint density at radius 2 is 2.32 bits per heavy atom. The molecule has 1 saturated heterocycles. The summed E-state index contributed by atoms with van der Waals surface area (Å²) in [5.41, 5.74) is 4.08. The summed E-state index contributed by atoms with van der Waals surface area (Å²) in [4.78, 5) is 15.1. The van der Waals surface area contributed by atoms with Crippen molar-refractivity contribution >= 4 is 5.82 Å². The second kappa shape index (κ2) is 5.06. The van der Waals surface area contributed by atoms with Gasteiger partial charge < -0.3 is 15.6 Å². The average Bonchev–Trinajstić information content (AvgIpc) is 2.66. The van der Waals surface area contributed by atoms with Gasteiger partial charge in [-0.1, -0.05) is 6.92 Å². The van der Waals surface area contributed by atoms with Crippen molar-refractivity contribution in [3.63, 3.8) is 0 Å². The molecule has 1 aromatic rings. The van der Waals surface area contributed by atoms with E-state index in [9.17, 15) is 18.7 Å². The van der Waals surface area contributed by atoms with Gasteiger partial charge in [0.1, 0.15) is 11.9 Å². The number of rotatable bonds is 2. The Morgan fingerprint density at radius 3 is 2.79 bits per heavy atom. The van der Waals surface area contributed by atoms with Crippen molar-refractivity contribution in [2.45, 2.75) is 31.8 Å². The minimum atomic E-state index is -1.99. The van der Waals surface area contributed by atoms with E-state index in [0.717, 1.165) is 4.57 Å². The summed E-state index contributed by atoms with van der Waals surface area (Å²) >= 11 is 0. The first-order chi connectivity index (χ1) is 8.95. The van der Waals surface area contributed by atoms with Gasteiger partial charge in [0, 0.05) is 6.20 Å². The van der Waals surface area contributed by atoms with E-state index >= 15 is 0 Å². The molecule has 1 aliphatic rings. The van der Waals surface area contributed by atoms with E-state index in [1.54, 1.807) is 6.92 Å². The van der Waals surface area contributed by atoms with Gasteiger partial charge in [-0.05, 0) is 12.5 Å². The molecule has 0 spiro atoms. The van der Waals surface area contributed by atoms with Crippen LogP contribution in [0.5, 0.6) is 0 Å². The Hall–Kier alpha value is -1.80. The molecule has 2 heterocycles. The molecule has 2 rings (SSSR count). The van der Waals surface area contributed by atoms with Gasteiger partial charge in [-0.25, -0.2) is 4.79 Å². The summed E-state index contributed by atoms with van der Waals surface area (Å²) < 4.78 is 31.8. The Morgan fingerprint density at radius 1 is 1.63 bits per heavy atom. The van der Waals surface area contributed by atoms with Crippen molar-refractivity contribution in [3.05, 3.63) is 34.4 Å². The maximum Gasteiger partial charge on any atom is 0.351 e. The average molecular weight is 273 g/mol. The first-order valence-electron chi connectivity index (χ1n) is 5.69. The van der Waals surface area contributed by atoms with Crippen molar-refractivity contribution in [1.82, 2.24) is 9.55 Å². The van der Waals surface area contributed by atoms with E-state index in [1.807, 2.05) is 0 Å². The molecular formula is C11H13F2N3O3. The molecule has 0 unspecified atom stereocenters. The van der Waals surface area contributed by atoms with Gasteiger partial charge in [0.25, 0.3) is 6.08 Å². The first kappa shape index (κ1) is 13.6. The van der Waals surface area contributed by atoms with Crippen LogP contribution in [0.25, 0.3) is 0 Å². The third kappa shape index (κ3) is 2.36. The molecule has 6 nitrogen and oxygen atoms in total. The predicted octanol–water partition coefficient (Wildman–Crippen LogP) is 0.644. The molecule has 0 aliphatic carbocycles. The highest BCUT2D eigenvalue weighted by atomic mass is 19.3. The molecule has 0 bridgehead atoms. The van der Waals surface area contributed by atoms with E-state index in [0.29, 0.717) is 0 Å². The van der Waals surface area contributed by atoms with Crippen LogP contribution in [0, 0.1) is 0 Å². The van der Waals surface area contributed by atoms with E-state index in [4.69, 9.17) is 10.5 Å². The van der Waals surface area contributed by atoms with E-state index in [1.165, 1.54) is 12.3 Å². The minimum absolute atomic E-state index is 0.00761. The molecule has 3 N–H and O–H groups in total. The summed E-state index contributed by atoms with van der Waals surface area (Å²) in [6.45, 7) is 1.65. The molecule has 0 amide bonds. The maximum atomic E-state index is 12.8. The number of halogens is 2. The summed E-state index contributed by atoms with van der Waals surface area (Å²) in [5, 5.41) is 9.89. The van der Waals surface area contributed by atoms with Gasteiger partial charge in [0.2, 0.25) is 0 Å². The Labute approximate surface area is 107 Å². The molecule has 1 aromatic heterocycles. The van der Waals surface area contributed by atoms with Crippen molar-refractivity contribution < 1.29 is 18.6 Å². The van der Waals surface area contributed by atoms with E-state index < -0.39 is 35.8 Å². The van der Waals surface area contributed by atoms with Gasteiger partial charge in [0.05, 0.1) is 11.7 Å². The topological polar surface area (TPSA) is 90.4 Å². The Balaban J connectivity index is 2.43. The maximum absolute atomic E-state index is 12.8. The predicted molar refractivity (Wildman–Crippen MR) is 62.4 cm³/mol. The number of hydrogen-bond acceptors (Lipinski definition) is 5. The largest absolute Gasteiger partial charge is 0.384 e. The number of hydrogen-bond donors (Lipinski definition) is 2. The zero-order valence-corrected chi connectivity index (χ0v) is 10.1.